The molecule has 0 unspecified atom stereocenters. The number of carboxylic acid groups (broad SMARTS) is 1. The molecule has 1 N–H and O–H groups in total. The van der Waals surface area contributed by atoms with E-state index in [1.165, 1.54) is 24.1 Å². The quantitative estimate of drug-likeness (QED) is 0.757. The Hall–Kier alpha value is -2.71. The van der Waals surface area contributed by atoms with Gasteiger partial charge in [0.05, 0.1) is 11.5 Å². The Bertz CT molecular complexity index is 794. The van der Waals surface area contributed by atoms with Crippen molar-refractivity contribution in [2.24, 2.45) is 13.0 Å². The first-order valence-corrected chi connectivity index (χ1v) is 8.09. The van der Waals surface area contributed by atoms with Gasteiger partial charge >= 0.3 is 5.97 Å². The first-order valence-electron chi connectivity index (χ1n) is 8.09. The highest BCUT2D eigenvalue weighted by molar-refractivity contribution is 5.92. The first-order chi connectivity index (χ1) is 11.8. The topological polar surface area (TPSA) is 113 Å². The number of aryl methyl sites for hydroxylation is 1. The average molecular weight is 348 g/mol. The summed E-state index contributed by atoms with van der Waals surface area (Å²) in [5.41, 5.74) is -0.871. The van der Waals surface area contributed by atoms with Crippen LogP contribution < -0.4 is 5.56 Å². The molecule has 25 heavy (non-hydrogen) atoms. The number of amides is 2. The standard InChI is InChI=1S/C16H20N4O5/c1-18-13(22)9-10(15(24)25)16(18)5-7-20(8-6-16)14(23)11-3-4-12(21)19(2)17-11/h3-4,10H,5-9H2,1-2H3,(H,24,25)/t10-/m0/s1. The van der Waals surface area contributed by atoms with Gasteiger partial charge in [-0.2, -0.15) is 5.10 Å². The highest BCUT2D eigenvalue weighted by atomic mass is 16.4. The molecule has 2 fully saturated rings. The Labute approximate surface area is 143 Å². The van der Waals surface area contributed by atoms with E-state index in [1.807, 2.05) is 0 Å². The number of carboxylic acids is 1. The van der Waals surface area contributed by atoms with E-state index in [-0.39, 0.29) is 29.5 Å². The normalized spacial score (nSPS) is 22.5. The number of hydrogen-bond acceptors (Lipinski definition) is 5. The summed E-state index contributed by atoms with van der Waals surface area (Å²) in [5.74, 6) is -2.20. The van der Waals surface area contributed by atoms with Crippen molar-refractivity contribution in [2.75, 3.05) is 20.1 Å². The number of aliphatic carboxylic acids is 1. The molecule has 1 atom stereocenters. The van der Waals surface area contributed by atoms with Crippen molar-refractivity contribution >= 4 is 17.8 Å². The van der Waals surface area contributed by atoms with Gasteiger partial charge in [0.15, 0.2) is 0 Å². The molecule has 1 aromatic rings. The Balaban J connectivity index is 1.77. The van der Waals surface area contributed by atoms with Crippen LogP contribution in [0, 0.1) is 5.92 Å². The van der Waals surface area contributed by atoms with Crippen LogP contribution in [0.3, 0.4) is 0 Å². The second kappa shape index (κ2) is 5.98. The molecular formula is C16H20N4O5. The van der Waals surface area contributed by atoms with Crippen LogP contribution in [-0.4, -0.2) is 68.1 Å². The fourth-order valence-electron chi connectivity index (χ4n) is 3.86. The highest BCUT2D eigenvalue weighted by Crippen LogP contribution is 2.42. The third-order valence-electron chi connectivity index (χ3n) is 5.46. The minimum atomic E-state index is -0.975. The van der Waals surface area contributed by atoms with Crippen LogP contribution in [0.25, 0.3) is 0 Å². The van der Waals surface area contributed by atoms with E-state index in [0.29, 0.717) is 25.9 Å². The van der Waals surface area contributed by atoms with Crippen molar-refractivity contribution in [3.05, 3.63) is 28.2 Å². The summed E-state index contributed by atoms with van der Waals surface area (Å²) >= 11 is 0. The zero-order chi connectivity index (χ0) is 18.4. The van der Waals surface area contributed by atoms with E-state index >= 15 is 0 Å². The Morgan fingerprint density at radius 2 is 1.84 bits per heavy atom. The molecule has 0 radical (unpaired) electrons. The lowest BCUT2D eigenvalue weighted by Gasteiger charge is -2.45. The molecule has 3 heterocycles. The van der Waals surface area contributed by atoms with Crippen LogP contribution in [0.5, 0.6) is 0 Å². The summed E-state index contributed by atoms with van der Waals surface area (Å²) in [6, 6.07) is 2.68. The third-order valence-corrected chi connectivity index (χ3v) is 5.46. The monoisotopic (exact) mass is 348 g/mol. The largest absolute Gasteiger partial charge is 0.481 e. The van der Waals surface area contributed by atoms with E-state index in [0.717, 1.165) is 4.68 Å². The van der Waals surface area contributed by atoms with Crippen LogP contribution in [0.4, 0.5) is 0 Å². The lowest BCUT2D eigenvalue weighted by molar-refractivity contribution is -0.145. The second-order valence-corrected chi connectivity index (χ2v) is 6.62. The van der Waals surface area contributed by atoms with E-state index in [1.54, 1.807) is 11.9 Å². The van der Waals surface area contributed by atoms with E-state index < -0.39 is 17.4 Å². The van der Waals surface area contributed by atoms with Gasteiger partial charge in [-0.15, -0.1) is 0 Å². The van der Waals surface area contributed by atoms with Crippen molar-refractivity contribution < 1.29 is 19.5 Å². The Kier molecular flexibility index (Phi) is 4.09. The van der Waals surface area contributed by atoms with Gasteiger partial charge < -0.3 is 14.9 Å². The zero-order valence-electron chi connectivity index (χ0n) is 14.1. The number of piperidine rings is 1. The second-order valence-electron chi connectivity index (χ2n) is 6.62. The molecule has 9 nitrogen and oxygen atoms in total. The van der Waals surface area contributed by atoms with Gasteiger partial charge in [-0.1, -0.05) is 0 Å². The van der Waals surface area contributed by atoms with E-state index in [4.69, 9.17) is 0 Å². The number of carbonyl (C=O) groups excluding carboxylic acids is 2. The van der Waals surface area contributed by atoms with Crippen molar-refractivity contribution in [1.82, 2.24) is 19.6 Å². The van der Waals surface area contributed by atoms with Crippen molar-refractivity contribution in [2.45, 2.75) is 24.8 Å². The molecule has 3 rings (SSSR count). The van der Waals surface area contributed by atoms with Gasteiger partial charge in [-0.3, -0.25) is 19.2 Å². The third kappa shape index (κ3) is 2.69. The van der Waals surface area contributed by atoms with E-state index in [2.05, 4.69) is 5.10 Å². The maximum absolute atomic E-state index is 12.6. The number of hydrogen-bond donors (Lipinski definition) is 1. The summed E-state index contributed by atoms with van der Waals surface area (Å²) in [6.45, 7) is 0.676. The van der Waals surface area contributed by atoms with Crippen molar-refractivity contribution in [3.8, 4) is 0 Å². The molecule has 2 saturated heterocycles. The average Bonchev–Trinajstić information content (AvgIpc) is 2.83. The smallest absolute Gasteiger partial charge is 0.309 e. The maximum Gasteiger partial charge on any atom is 0.309 e. The minimum Gasteiger partial charge on any atom is -0.481 e. The fraction of sp³-hybridized carbons (Fsp3) is 0.562. The van der Waals surface area contributed by atoms with Crippen LogP contribution in [0.2, 0.25) is 0 Å². The van der Waals surface area contributed by atoms with Crippen molar-refractivity contribution in [3.63, 3.8) is 0 Å². The molecule has 9 heteroatoms. The zero-order valence-corrected chi connectivity index (χ0v) is 14.1. The molecular weight excluding hydrogens is 328 g/mol. The molecule has 134 valence electrons. The number of likely N-dealkylation sites (tertiary alicyclic amines) is 2. The Morgan fingerprint density at radius 1 is 1.20 bits per heavy atom. The van der Waals surface area contributed by atoms with Crippen LogP contribution in [-0.2, 0) is 16.6 Å². The summed E-state index contributed by atoms with van der Waals surface area (Å²) in [4.78, 5) is 50.7. The molecule has 0 saturated carbocycles. The predicted molar refractivity (Wildman–Crippen MR) is 85.9 cm³/mol. The summed E-state index contributed by atoms with van der Waals surface area (Å²) in [7, 11) is 3.11. The number of rotatable bonds is 2. The van der Waals surface area contributed by atoms with Gasteiger partial charge in [0, 0.05) is 39.7 Å². The molecule has 1 spiro atoms. The fourth-order valence-corrected chi connectivity index (χ4v) is 3.86. The first kappa shape index (κ1) is 17.1. The number of carbonyl (C=O) groups is 3. The van der Waals surface area contributed by atoms with Crippen LogP contribution in [0.15, 0.2) is 16.9 Å². The van der Waals surface area contributed by atoms with Gasteiger partial charge in [0.25, 0.3) is 11.5 Å². The van der Waals surface area contributed by atoms with Gasteiger partial charge in [0.1, 0.15) is 5.69 Å². The molecule has 0 aromatic carbocycles. The number of aromatic nitrogens is 2. The van der Waals surface area contributed by atoms with Crippen LogP contribution in [0.1, 0.15) is 29.8 Å². The highest BCUT2D eigenvalue weighted by Gasteiger charge is 2.55. The predicted octanol–water partition coefficient (Wildman–Crippen LogP) is -0.682. The van der Waals surface area contributed by atoms with Gasteiger partial charge in [-0.25, -0.2) is 4.68 Å². The summed E-state index contributed by atoms with van der Waals surface area (Å²) < 4.78 is 1.10. The van der Waals surface area contributed by atoms with Gasteiger partial charge in [-0.05, 0) is 18.9 Å². The summed E-state index contributed by atoms with van der Waals surface area (Å²) in [6.07, 6.45) is 0.815. The van der Waals surface area contributed by atoms with E-state index in [9.17, 15) is 24.3 Å². The summed E-state index contributed by atoms with van der Waals surface area (Å²) in [5, 5.41) is 13.4. The molecule has 2 aliphatic rings. The molecule has 2 amide bonds. The molecule has 2 aliphatic heterocycles. The lowest BCUT2D eigenvalue weighted by atomic mass is 9.77. The molecule has 0 aliphatic carbocycles. The van der Waals surface area contributed by atoms with Crippen LogP contribution >= 0.6 is 0 Å². The Morgan fingerprint density at radius 3 is 2.40 bits per heavy atom. The molecule has 1 aromatic heterocycles. The maximum atomic E-state index is 12.6. The lowest BCUT2D eigenvalue weighted by Crippen LogP contribution is -2.57. The number of nitrogens with zero attached hydrogens (tertiary/aromatic N) is 4. The van der Waals surface area contributed by atoms with Gasteiger partial charge in [0.2, 0.25) is 5.91 Å². The SMILES string of the molecule is CN1C(=O)C[C@@H](C(=O)O)C12CCN(C(=O)c1ccc(=O)n(C)n1)CC2. The molecule has 0 bridgehead atoms. The van der Waals surface area contributed by atoms with Crippen molar-refractivity contribution in [1.29, 1.82) is 0 Å². The minimum absolute atomic E-state index is 0.00212.